The molecule has 1 spiro atoms. The van der Waals surface area contributed by atoms with E-state index in [9.17, 15) is 17.6 Å². The van der Waals surface area contributed by atoms with Gasteiger partial charge in [0.25, 0.3) is 0 Å². The first-order valence-corrected chi connectivity index (χ1v) is 13.3. The van der Waals surface area contributed by atoms with E-state index in [1.54, 1.807) is 0 Å². The van der Waals surface area contributed by atoms with Crippen molar-refractivity contribution in [1.82, 2.24) is 5.32 Å². The minimum Gasteiger partial charge on any atom is -0.360 e. The largest absolute Gasteiger partial charge is 0.409 e. The van der Waals surface area contributed by atoms with Gasteiger partial charge in [-0.05, 0) is 70.7 Å². The highest BCUT2D eigenvalue weighted by atomic mass is 35.5. The van der Waals surface area contributed by atoms with Gasteiger partial charge < -0.3 is 10.1 Å². The number of fused-ring (bicyclic) bond motifs is 2. The number of rotatable bonds is 4. The van der Waals surface area contributed by atoms with Gasteiger partial charge in [-0.2, -0.15) is 13.2 Å². The van der Waals surface area contributed by atoms with E-state index in [0.29, 0.717) is 36.3 Å². The number of benzene rings is 2. The van der Waals surface area contributed by atoms with Crippen molar-refractivity contribution in [3.05, 3.63) is 68.4 Å². The number of nitrogens with zero attached hydrogens (tertiary/aromatic N) is 1. The molecule has 3 heterocycles. The van der Waals surface area contributed by atoms with Crippen molar-refractivity contribution in [2.45, 2.75) is 62.7 Å². The number of ether oxygens (including phenoxy) is 1. The minimum absolute atomic E-state index is 0.127. The van der Waals surface area contributed by atoms with Crippen molar-refractivity contribution in [1.29, 1.82) is 0 Å². The summed E-state index contributed by atoms with van der Waals surface area (Å²) in [4.78, 5) is 0. The third-order valence-electron chi connectivity index (χ3n) is 7.20. The van der Waals surface area contributed by atoms with Crippen LogP contribution in [-0.2, 0) is 15.1 Å². The molecule has 3 nitrogen and oxygen atoms in total. The normalized spacial score (nSPS) is 25.1. The Labute approximate surface area is 222 Å². The van der Waals surface area contributed by atoms with E-state index in [2.05, 4.69) is 30.5 Å². The van der Waals surface area contributed by atoms with Crippen LogP contribution < -0.4 is 5.32 Å². The third kappa shape index (κ3) is 4.37. The molecule has 0 aromatic heterocycles. The number of halogens is 6. The molecule has 1 fully saturated rings. The second-order valence-electron chi connectivity index (χ2n) is 11.0. The number of alkyl halides is 3. The zero-order valence-corrected chi connectivity index (χ0v) is 22.4. The van der Waals surface area contributed by atoms with Crippen molar-refractivity contribution in [3.8, 4) is 0 Å². The number of nitrogens with one attached hydrogen (secondary N) is 1. The molecule has 2 aromatic rings. The molecule has 5 rings (SSSR count). The van der Waals surface area contributed by atoms with Crippen LogP contribution in [0, 0.1) is 11.2 Å². The smallest absolute Gasteiger partial charge is 0.360 e. The Morgan fingerprint density at radius 3 is 2.33 bits per heavy atom. The molecule has 10 heteroatoms. The maximum atomic E-state index is 14.5. The van der Waals surface area contributed by atoms with Crippen LogP contribution in [0.3, 0.4) is 0 Å². The highest BCUT2D eigenvalue weighted by Crippen LogP contribution is 2.58. The Kier molecular flexibility index (Phi) is 6.48. The molecule has 3 aliphatic heterocycles. The van der Waals surface area contributed by atoms with E-state index in [1.807, 2.05) is 18.2 Å². The fourth-order valence-electron chi connectivity index (χ4n) is 5.07. The SMILES string of the molecule is CC(C)(C)CCC1OC2(CNC2)c2ccc(C3=NSC(c4cc(Cl)c(F)c(Cl)c4)(C(F)(F)F)C3)cc21. The van der Waals surface area contributed by atoms with Crippen molar-refractivity contribution < 1.29 is 22.3 Å². The zero-order chi connectivity index (χ0) is 26.1. The lowest BCUT2D eigenvalue weighted by Crippen LogP contribution is -2.56. The minimum atomic E-state index is -4.68. The summed E-state index contributed by atoms with van der Waals surface area (Å²) in [7, 11) is 0. The summed E-state index contributed by atoms with van der Waals surface area (Å²) in [5, 5.41) is 2.38. The maximum Gasteiger partial charge on any atom is 0.409 e. The topological polar surface area (TPSA) is 33.6 Å². The molecule has 2 atom stereocenters. The van der Waals surface area contributed by atoms with Gasteiger partial charge in [0.15, 0.2) is 10.6 Å². The van der Waals surface area contributed by atoms with Gasteiger partial charge in [0.1, 0.15) is 5.60 Å². The van der Waals surface area contributed by atoms with Crippen LogP contribution in [0.25, 0.3) is 0 Å². The molecule has 194 valence electrons. The molecule has 0 amide bonds. The molecule has 0 saturated carbocycles. The van der Waals surface area contributed by atoms with Crippen LogP contribution in [0.2, 0.25) is 10.0 Å². The lowest BCUT2D eigenvalue weighted by atomic mass is 9.83. The summed E-state index contributed by atoms with van der Waals surface area (Å²) >= 11 is 12.1. The second kappa shape index (κ2) is 8.87. The molecule has 1 N–H and O–H groups in total. The molecule has 2 aromatic carbocycles. The third-order valence-corrected chi connectivity index (χ3v) is 8.99. The van der Waals surface area contributed by atoms with Gasteiger partial charge in [-0.15, -0.1) is 0 Å². The first kappa shape index (κ1) is 26.3. The molecule has 3 aliphatic rings. The van der Waals surface area contributed by atoms with Crippen LogP contribution in [0.5, 0.6) is 0 Å². The Hall–Kier alpha value is -1.32. The van der Waals surface area contributed by atoms with Crippen LogP contribution in [0.15, 0.2) is 34.7 Å². The van der Waals surface area contributed by atoms with Crippen molar-refractivity contribution in [2.75, 3.05) is 13.1 Å². The van der Waals surface area contributed by atoms with Crippen molar-refractivity contribution in [2.24, 2.45) is 9.81 Å². The summed E-state index contributed by atoms with van der Waals surface area (Å²) < 4.78 is 65.8. The number of hydrogen-bond donors (Lipinski definition) is 1. The lowest BCUT2D eigenvalue weighted by molar-refractivity contribution is -0.159. The summed E-state index contributed by atoms with van der Waals surface area (Å²) in [6.07, 6.45) is -3.45. The molecule has 0 bridgehead atoms. The van der Waals surface area contributed by atoms with E-state index in [0.717, 1.165) is 36.1 Å². The Balaban J connectivity index is 1.49. The summed E-state index contributed by atoms with van der Waals surface area (Å²) in [6, 6.07) is 7.72. The molecule has 36 heavy (non-hydrogen) atoms. The van der Waals surface area contributed by atoms with E-state index in [-0.39, 0.29) is 22.7 Å². The second-order valence-corrected chi connectivity index (χ2v) is 12.9. The molecule has 0 aliphatic carbocycles. The standard InChI is InChI=1S/C26H26Cl2F4N2OS/c1-23(2,3)7-6-21-16-8-14(4-5-17(16)24(35-21)12-33-13-24)20-11-25(36-34-20,26(30,31)32)15-9-18(27)22(29)19(28)10-15/h4-5,8-10,21,33H,6-7,11-13H2,1-3H3. The van der Waals surface area contributed by atoms with Gasteiger partial charge in [-0.3, -0.25) is 0 Å². The van der Waals surface area contributed by atoms with E-state index < -0.39 is 33.2 Å². The van der Waals surface area contributed by atoms with Gasteiger partial charge in [-0.25, -0.2) is 8.79 Å². The summed E-state index contributed by atoms with van der Waals surface area (Å²) in [5.41, 5.74) is 2.59. The maximum absolute atomic E-state index is 14.5. The molecule has 0 radical (unpaired) electrons. The predicted octanol–water partition coefficient (Wildman–Crippen LogP) is 8.13. The fourth-order valence-corrected chi connectivity index (χ4v) is 6.53. The van der Waals surface area contributed by atoms with Crippen LogP contribution >= 0.6 is 35.1 Å². The van der Waals surface area contributed by atoms with Crippen LogP contribution in [0.4, 0.5) is 17.6 Å². The highest BCUT2D eigenvalue weighted by Gasteiger charge is 2.60. The average Bonchev–Trinajstić information content (AvgIpc) is 3.35. The fraction of sp³-hybridized carbons (Fsp3) is 0.500. The Bertz CT molecular complexity index is 1220. The molecular weight excluding hydrogens is 535 g/mol. The van der Waals surface area contributed by atoms with Gasteiger partial charge >= 0.3 is 6.18 Å². The predicted molar refractivity (Wildman–Crippen MR) is 136 cm³/mol. The lowest BCUT2D eigenvalue weighted by Gasteiger charge is -2.40. The number of hydrogen-bond acceptors (Lipinski definition) is 4. The zero-order valence-electron chi connectivity index (χ0n) is 20.0. The summed E-state index contributed by atoms with van der Waals surface area (Å²) in [5.74, 6) is -0.942. The van der Waals surface area contributed by atoms with Crippen molar-refractivity contribution in [3.63, 3.8) is 0 Å². The molecule has 2 unspecified atom stereocenters. The first-order valence-electron chi connectivity index (χ1n) is 11.7. The van der Waals surface area contributed by atoms with Gasteiger partial charge in [0.05, 0.1) is 21.9 Å². The summed E-state index contributed by atoms with van der Waals surface area (Å²) in [6.45, 7) is 7.95. The Morgan fingerprint density at radius 1 is 1.11 bits per heavy atom. The Morgan fingerprint density at radius 2 is 1.78 bits per heavy atom. The van der Waals surface area contributed by atoms with Crippen LogP contribution in [0.1, 0.15) is 68.4 Å². The van der Waals surface area contributed by atoms with Crippen molar-refractivity contribution >= 4 is 40.9 Å². The van der Waals surface area contributed by atoms with Crippen LogP contribution in [-0.4, -0.2) is 25.0 Å². The van der Waals surface area contributed by atoms with E-state index in [4.69, 9.17) is 27.9 Å². The highest BCUT2D eigenvalue weighted by molar-refractivity contribution is 7.99. The van der Waals surface area contributed by atoms with Gasteiger partial charge in [-0.1, -0.05) is 56.1 Å². The van der Waals surface area contributed by atoms with Gasteiger partial charge in [0.2, 0.25) is 0 Å². The average molecular weight is 561 g/mol. The molecular formula is C26H26Cl2F4N2OS. The first-order chi connectivity index (χ1) is 16.7. The van der Waals surface area contributed by atoms with Gasteiger partial charge in [0, 0.05) is 19.5 Å². The van der Waals surface area contributed by atoms with E-state index >= 15 is 0 Å². The molecule has 1 saturated heterocycles. The monoisotopic (exact) mass is 560 g/mol. The quantitative estimate of drug-likeness (QED) is 0.233. The van der Waals surface area contributed by atoms with E-state index in [1.165, 1.54) is 0 Å².